The molecule has 3 aromatic carbocycles. The monoisotopic (exact) mass is 492 g/mol. The van der Waals surface area contributed by atoms with Crippen LogP contribution in [0.2, 0.25) is 5.02 Å². The lowest BCUT2D eigenvalue weighted by Gasteiger charge is -2.09. The molecule has 0 aliphatic rings. The second-order valence-electron chi connectivity index (χ2n) is 7.60. The predicted molar refractivity (Wildman–Crippen MR) is 137 cm³/mol. The van der Waals surface area contributed by atoms with Crippen LogP contribution < -0.4 is 20.8 Å². The van der Waals surface area contributed by atoms with Crippen molar-refractivity contribution in [2.75, 3.05) is 17.2 Å². The summed E-state index contributed by atoms with van der Waals surface area (Å²) in [5, 5.41) is 9.28. The van der Waals surface area contributed by atoms with Crippen molar-refractivity contribution in [2.24, 2.45) is 5.10 Å². The van der Waals surface area contributed by atoms with Crippen molar-refractivity contribution >= 4 is 46.9 Å². The van der Waals surface area contributed by atoms with E-state index in [1.165, 1.54) is 6.21 Å². The largest absolute Gasteiger partial charge is 0.482 e. The van der Waals surface area contributed by atoms with E-state index < -0.39 is 11.8 Å². The molecule has 3 rings (SSSR count). The highest BCUT2D eigenvalue weighted by atomic mass is 35.5. The number of anilines is 2. The molecule has 0 saturated carbocycles. The van der Waals surface area contributed by atoms with Crippen LogP contribution in [0.15, 0.2) is 71.8 Å². The first-order valence-corrected chi connectivity index (χ1v) is 11.2. The predicted octanol–water partition coefficient (Wildman–Crippen LogP) is 4.32. The molecule has 0 fully saturated rings. The molecule has 0 radical (unpaired) electrons. The second kappa shape index (κ2) is 12.3. The van der Waals surface area contributed by atoms with Crippen molar-refractivity contribution in [3.8, 4) is 5.75 Å². The maximum Gasteiger partial charge on any atom is 0.329 e. The zero-order valence-electron chi connectivity index (χ0n) is 19.3. The number of hydrogen-bond donors (Lipinski definition) is 3. The van der Waals surface area contributed by atoms with Crippen LogP contribution in [-0.4, -0.2) is 30.5 Å². The molecular formula is C26H25ClN4O4. The number of carbonyl (C=O) groups is 3. The third-order valence-corrected chi connectivity index (χ3v) is 5.15. The topological polar surface area (TPSA) is 109 Å². The van der Waals surface area contributed by atoms with Crippen LogP contribution in [0, 0.1) is 6.92 Å². The van der Waals surface area contributed by atoms with Gasteiger partial charge < -0.3 is 15.4 Å². The zero-order valence-corrected chi connectivity index (χ0v) is 20.1. The van der Waals surface area contributed by atoms with E-state index in [1.807, 2.05) is 38.1 Å². The Bertz CT molecular complexity index is 1230. The van der Waals surface area contributed by atoms with Crippen LogP contribution in [0.3, 0.4) is 0 Å². The summed E-state index contributed by atoms with van der Waals surface area (Å²) in [4.78, 5) is 36.0. The molecular weight excluding hydrogens is 468 g/mol. The quantitative estimate of drug-likeness (QED) is 0.247. The Morgan fingerprint density at radius 3 is 2.23 bits per heavy atom. The van der Waals surface area contributed by atoms with E-state index >= 15 is 0 Å². The Balaban J connectivity index is 1.47. The van der Waals surface area contributed by atoms with E-state index in [1.54, 1.807) is 42.5 Å². The molecule has 0 spiro atoms. The molecule has 0 aromatic heterocycles. The molecule has 0 bridgehead atoms. The number of hydrogen-bond acceptors (Lipinski definition) is 5. The van der Waals surface area contributed by atoms with Gasteiger partial charge >= 0.3 is 11.8 Å². The van der Waals surface area contributed by atoms with Gasteiger partial charge in [0.05, 0.1) is 11.2 Å². The van der Waals surface area contributed by atoms with Crippen LogP contribution in [0.1, 0.15) is 23.6 Å². The van der Waals surface area contributed by atoms with Crippen LogP contribution in [-0.2, 0) is 20.8 Å². The number of nitrogens with zero attached hydrogens (tertiary/aromatic N) is 1. The molecule has 0 saturated heterocycles. The number of amides is 3. The van der Waals surface area contributed by atoms with Crippen LogP contribution in [0.25, 0.3) is 0 Å². The fourth-order valence-corrected chi connectivity index (χ4v) is 3.16. The number of aryl methyl sites for hydroxylation is 2. The van der Waals surface area contributed by atoms with Gasteiger partial charge in [-0.05, 0) is 66.9 Å². The Kier molecular flexibility index (Phi) is 8.97. The molecule has 0 unspecified atom stereocenters. The Morgan fingerprint density at radius 2 is 1.57 bits per heavy atom. The van der Waals surface area contributed by atoms with Gasteiger partial charge in [-0.25, -0.2) is 5.43 Å². The fourth-order valence-electron chi connectivity index (χ4n) is 2.92. The molecule has 9 heteroatoms. The Labute approximate surface area is 208 Å². The van der Waals surface area contributed by atoms with Crippen molar-refractivity contribution in [1.82, 2.24) is 5.43 Å². The number of ether oxygens (including phenoxy) is 1. The van der Waals surface area contributed by atoms with Crippen LogP contribution in [0.4, 0.5) is 11.4 Å². The lowest BCUT2D eigenvalue weighted by Crippen LogP contribution is -2.32. The minimum Gasteiger partial charge on any atom is -0.482 e. The Hall–Kier alpha value is -4.17. The Morgan fingerprint density at radius 1 is 0.914 bits per heavy atom. The number of halogens is 1. The molecule has 3 N–H and O–H groups in total. The van der Waals surface area contributed by atoms with E-state index in [0.29, 0.717) is 22.7 Å². The van der Waals surface area contributed by atoms with Gasteiger partial charge in [-0.3, -0.25) is 14.4 Å². The summed E-state index contributed by atoms with van der Waals surface area (Å²) in [5.41, 5.74) is 6.13. The summed E-state index contributed by atoms with van der Waals surface area (Å²) in [5.74, 6) is -1.75. The summed E-state index contributed by atoms with van der Waals surface area (Å²) in [6, 6.07) is 19.4. The van der Waals surface area contributed by atoms with Crippen LogP contribution >= 0.6 is 11.6 Å². The normalized spacial score (nSPS) is 10.6. The lowest BCUT2D eigenvalue weighted by atomic mass is 10.1. The third-order valence-electron chi connectivity index (χ3n) is 4.86. The number of nitrogens with one attached hydrogen (secondary N) is 3. The molecule has 180 valence electrons. The number of benzene rings is 3. The molecule has 35 heavy (non-hydrogen) atoms. The van der Waals surface area contributed by atoms with E-state index in [4.69, 9.17) is 16.3 Å². The first-order chi connectivity index (χ1) is 16.8. The van der Waals surface area contributed by atoms with Gasteiger partial charge in [0.15, 0.2) is 6.61 Å². The molecule has 0 atom stereocenters. The van der Waals surface area contributed by atoms with Crippen molar-refractivity contribution in [2.45, 2.75) is 20.3 Å². The van der Waals surface area contributed by atoms with Crippen molar-refractivity contribution in [3.63, 3.8) is 0 Å². The number of rotatable bonds is 8. The standard InChI is InChI=1S/C26H25ClN4O4/c1-3-18-6-11-21(12-7-18)30-25(33)26(34)31-28-15-19-8-13-23(22(27)14-19)35-16-24(32)29-20-9-4-17(2)5-10-20/h4-15H,3,16H2,1-2H3,(H,29,32)(H,30,33)(H,31,34)/b28-15-. The van der Waals surface area contributed by atoms with Gasteiger partial charge in [-0.15, -0.1) is 0 Å². The fraction of sp³-hybridized carbons (Fsp3) is 0.154. The van der Waals surface area contributed by atoms with E-state index in [0.717, 1.165) is 17.5 Å². The molecule has 8 nitrogen and oxygen atoms in total. The van der Waals surface area contributed by atoms with Crippen molar-refractivity contribution in [3.05, 3.63) is 88.4 Å². The van der Waals surface area contributed by atoms with Gasteiger partial charge in [0.25, 0.3) is 5.91 Å². The van der Waals surface area contributed by atoms with E-state index in [9.17, 15) is 14.4 Å². The highest BCUT2D eigenvalue weighted by molar-refractivity contribution is 6.39. The average molecular weight is 493 g/mol. The minimum absolute atomic E-state index is 0.215. The van der Waals surface area contributed by atoms with Gasteiger partial charge in [0, 0.05) is 11.4 Å². The smallest absolute Gasteiger partial charge is 0.329 e. The first kappa shape index (κ1) is 25.5. The van der Waals surface area contributed by atoms with Gasteiger partial charge in [0.1, 0.15) is 5.75 Å². The van der Waals surface area contributed by atoms with E-state index in [-0.39, 0.29) is 17.5 Å². The average Bonchev–Trinajstić information content (AvgIpc) is 2.85. The third kappa shape index (κ3) is 7.97. The summed E-state index contributed by atoms with van der Waals surface area (Å²) < 4.78 is 5.48. The highest BCUT2D eigenvalue weighted by Crippen LogP contribution is 2.25. The first-order valence-electron chi connectivity index (χ1n) is 10.9. The maximum absolute atomic E-state index is 12.1. The molecule has 3 amide bonds. The van der Waals surface area contributed by atoms with Gasteiger partial charge in [0.2, 0.25) is 0 Å². The maximum atomic E-state index is 12.1. The number of hydrazone groups is 1. The zero-order chi connectivity index (χ0) is 25.2. The summed E-state index contributed by atoms with van der Waals surface area (Å²) in [7, 11) is 0. The SMILES string of the molecule is CCc1ccc(NC(=O)C(=O)N/N=C\c2ccc(OCC(=O)Nc3ccc(C)cc3)c(Cl)c2)cc1. The summed E-state index contributed by atoms with van der Waals surface area (Å²) >= 11 is 6.22. The molecule has 0 aliphatic carbocycles. The minimum atomic E-state index is -0.911. The molecule has 0 heterocycles. The molecule has 0 aliphatic heterocycles. The van der Waals surface area contributed by atoms with Gasteiger partial charge in [-0.1, -0.05) is 48.4 Å². The van der Waals surface area contributed by atoms with E-state index in [2.05, 4.69) is 21.2 Å². The summed E-state index contributed by atoms with van der Waals surface area (Å²) in [6.07, 6.45) is 2.21. The summed E-state index contributed by atoms with van der Waals surface area (Å²) in [6.45, 7) is 3.77. The molecule has 3 aromatic rings. The second-order valence-corrected chi connectivity index (χ2v) is 8.00. The van der Waals surface area contributed by atoms with Gasteiger partial charge in [-0.2, -0.15) is 5.10 Å². The van der Waals surface area contributed by atoms with Crippen LogP contribution in [0.5, 0.6) is 5.75 Å². The van der Waals surface area contributed by atoms with Crippen molar-refractivity contribution < 1.29 is 19.1 Å². The van der Waals surface area contributed by atoms with Crippen molar-refractivity contribution in [1.29, 1.82) is 0 Å². The highest BCUT2D eigenvalue weighted by Gasteiger charge is 2.13. The lowest BCUT2D eigenvalue weighted by molar-refractivity contribution is -0.136. The number of carbonyl (C=O) groups excluding carboxylic acids is 3.